The summed E-state index contributed by atoms with van der Waals surface area (Å²) in [6.45, 7) is 4.76. The minimum atomic E-state index is -3.76. The van der Waals surface area contributed by atoms with Crippen LogP contribution in [0.4, 0.5) is 0 Å². The van der Waals surface area contributed by atoms with Gasteiger partial charge in [0.2, 0.25) is 10.0 Å². The third-order valence-corrected chi connectivity index (χ3v) is 6.24. The lowest BCUT2D eigenvalue weighted by atomic mass is 10.1. The Balaban J connectivity index is 1.83. The van der Waals surface area contributed by atoms with Gasteiger partial charge in [-0.3, -0.25) is 9.59 Å². The van der Waals surface area contributed by atoms with Gasteiger partial charge in [-0.15, -0.1) is 0 Å². The van der Waals surface area contributed by atoms with Crippen molar-refractivity contribution >= 4 is 21.9 Å². The third-order valence-electron chi connectivity index (χ3n) is 4.78. The minimum Gasteiger partial charge on any atom is -0.456 e. The molecule has 0 bridgehead atoms. The summed E-state index contributed by atoms with van der Waals surface area (Å²) < 4.78 is 32.6. The van der Waals surface area contributed by atoms with Crippen molar-refractivity contribution in [3.05, 3.63) is 65.7 Å². The summed E-state index contributed by atoms with van der Waals surface area (Å²) in [4.78, 5) is 25.9. The Morgan fingerprint density at radius 3 is 2.25 bits per heavy atom. The van der Waals surface area contributed by atoms with Crippen LogP contribution in [-0.2, 0) is 30.8 Å². The van der Waals surface area contributed by atoms with Crippen LogP contribution in [0.3, 0.4) is 0 Å². The Kier molecular flexibility index (Phi) is 10.4. The number of hydrogen-bond acceptors (Lipinski definition) is 5. The van der Waals surface area contributed by atoms with Gasteiger partial charge < -0.3 is 9.64 Å². The SMILES string of the molecule is CCCN(CCC)C(=O)COC(=O)CCNS(=O)(=O)c1cccc(Cc2ccccc2)c1. The second kappa shape index (κ2) is 13.0. The highest BCUT2D eigenvalue weighted by molar-refractivity contribution is 7.89. The maximum atomic E-state index is 12.6. The number of hydrogen-bond donors (Lipinski definition) is 1. The molecule has 2 aromatic rings. The van der Waals surface area contributed by atoms with Crippen molar-refractivity contribution in [2.24, 2.45) is 0 Å². The van der Waals surface area contributed by atoms with Crippen LogP contribution in [0.1, 0.15) is 44.2 Å². The van der Waals surface area contributed by atoms with Crippen molar-refractivity contribution in [1.29, 1.82) is 0 Å². The highest BCUT2D eigenvalue weighted by Crippen LogP contribution is 2.15. The van der Waals surface area contributed by atoms with Crippen LogP contribution in [0.25, 0.3) is 0 Å². The van der Waals surface area contributed by atoms with Gasteiger partial charge in [0.1, 0.15) is 0 Å². The first-order valence-corrected chi connectivity index (χ1v) is 12.4. The number of nitrogens with one attached hydrogen (secondary N) is 1. The Hall–Kier alpha value is -2.71. The molecule has 0 aliphatic carbocycles. The predicted molar refractivity (Wildman–Crippen MR) is 124 cm³/mol. The Morgan fingerprint density at radius 1 is 0.938 bits per heavy atom. The van der Waals surface area contributed by atoms with E-state index in [2.05, 4.69) is 4.72 Å². The van der Waals surface area contributed by atoms with E-state index in [9.17, 15) is 18.0 Å². The van der Waals surface area contributed by atoms with Gasteiger partial charge >= 0.3 is 5.97 Å². The summed E-state index contributed by atoms with van der Waals surface area (Å²) >= 11 is 0. The zero-order valence-corrected chi connectivity index (χ0v) is 19.6. The molecule has 1 N–H and O–H groups in total. The Labute approximate surface area is 190 Å². The molecule has 0 aliphatic rings. The van der Waals surface area contributed by atoms with Crippen LogP contribution < -0.4 is 4.72 Å². The van der Waals surface area contributed by atoms with E-state index in [0.29, 0.717) is 19.5 Å². The lowest BCUT2D eigenvalue weighted by Gasteiger charge is -2.21. The van der Waals surface area contributed by atoms with Crippen molar-refractivity contribution in [2.75, 3.05) is 26.2 Å². The summed E-state index contributed by atoms with van der Waals surface area (Å²) in [5.74, 6) is -0.857. The van der Waals surface area contributed by atoms with Crippen LogP contribution in [0.5, 0.6) is 0 Å². The number of rotatable bonds is 13. The molecule has 0 spiro atoms. The van der Waals surface area contributed by atoms with Crippen molar-refractivity contribution < 1.29 is 22.7 Å². The van der Waals surface area contributed by atoms with Gasteiger partial charge in [0.25, 0.3) is 5.91 Å². The summed E-state index contributed by atoms with van der Waals surface area (Å²) in [6.07, 6.45) is 2.12. The number of esters is 1. The molecular formula is C24H32N2O5S. The standard InChI is InChI=1S/C24H32N2O5S/c1-3-15-26(16-4-2)23(27)19-31-24(28)13-14-25-32(29,30)22-12-8-11-21(18-22)17-20-9-6-5-7-10-20/h5-12,18,25H,3-4,13-17,19H2,1-2H3. The monoisotopic (exact) mass is 460 g/mol. The maximum absolute atomic E-state index is 12.6. The number of ether oxygens (including phenoxy) is 1. The van der Waals surface area contributed by atoms with Gasteiger partial charge in [0.05, 0.1) is 11.3 Å². The molecule has 32 heavy (non-hydrogen) atoms. The number of sulfonamides is 1. The molecule has 0 aliphatic heterocycles. The zero-order valence-electron chi connectivity index (χ0n) is 18.7. The van der Waals surface area contributed by atoms with E-state index in [1.807, 2.05) is 50.2 Å². The van der Waals surface area contributed by atoms with Crippen LogP contribution in [0.15, 0.2) is 59.5 Å². The van der Waals surface area contributed by atoms with E-state index in [0.717, 1.165) is 24.0 Å². The number of amides is 1. The lowest BCUT2D eigenvalue weighted by molar-refractivity contribution is -0.151. The highest BCUT2D eigenvalue weighted by Gasteiger charge is 2.17. The first-order chi connectivity index (χ1) is 15.4. The normalized spacial score (nSPS) is 11.2. The van der Waals surface area contributed by atoms with Gasteiger partial charge in [0, 0.05) is 19.6 Å². The molecule has 174 valence electrons. The van der Waals surface area contributed by atoms with E-state index < -0.39 is 16.0 Å². The van der Waals surface area contributed by atoms with Crippen molar-refractivity contribution in [2.45, 2.75) is 44.4 Å². The van der Waals surface area contributed by atoms with Crippen LogP contribution in [0, 0.1) is 0 Å². The molecule has 0 unspecified atom stereocenters. The molecule has 2 aromatic carbocycles. The lowest BCUT2D eigenvalue weighted by Crippen LogP contribution is -2.36. The van der Waals surface area contributed by atoms with Crippen molar-refractivity contribution in [1.82, 2.24) is 9.62 Å². The topological polar surface area (TPSA) is 92.8 Å². The van der Waals surface area contributed by atoms with E-state index >= 15 is 0 Å². The average molecular weight is 461 g/mol. The largest absolute Gasteiger partial charge is 0.456 e. The number of benzene rings is 2. The van der Waals surface area contributed by atoms with Crippen LogP contribution in [0.2, 0.25) is 0 Å². The highest BCUT2D eigenvalue weighted by atomic mass is 32.2. The van der Waals surface area contributed by atoms with Gasteiger partial charge in [-0.2, -0.15) is 0 Å². The number of carbonyl (C=O) groups excluding carboxylic acids is 2. The molecule has 0 heterocycles. The summed E-state index contributed by atoms with van der Waals surface area (Å²) in [6, 6.07) is 16.5. The Bertz CT molecular complexity index is 971. The molecule has 0 fully saturated rings. The first-order valence-electron chi connectivity index (χ1n) is 10.9. The van der Waals surface area contributed by atoms with E-state index in [4.69, 9.17) is 4.74 Å². The predicted octanol–water partition coefficient (Wildman–Crippen LogP) is 3.14. The molecule has 0 aromatic heterocycles. The molecule has 7 nitrogen and oxygen atoms in total. The smallest absolute Gasteiger partial charge is 0.307 e. The van der Waals surface area contributed by atoms with Gasteiger partial charge in [-0.1, -0.05) is 56.3 Å². The minimum absolute atomic E-state index is 0.105. The van der Waals surface area contributed by atoms with Gasteiger partial charge in [0.15, 0.2) is 6.61 Å². The summed E-state index contributed by atoms with van der Waals surface area (Å²) in [5.41, 5.74) is 1.96. The van der Waals surface area contributed by atoms with Crippen molar-refractivity contribution in [3.63, 3.8) is 0 Å². The molecular weight excluding hydrogens is 428 g/mol. The molecule has 0 radical (unpaired) electrons. The number of nitrogens with zero attached hydrogens (tertiary/aromatic N) is 1. The second-order valence-electron chi connectivity index (χ2n) is 7.50. The second-order valence-corrected chi connectivity index (χ2v) is 9.27. The first kappa shape index (κ1) is 25.5. The van der Waals surface area contributed by atoms with E-state index in [1.54, 1.807) is 17.0 Å². The number of carbonyl (C=O) groups is 2. The molecule has 2 rings (SSSR count). The molecule has 0 saturated heterocycles. The Morgan fingerprint density at radius 2 is 1.59 bits per heavy atom. The average Bonchev–Trinajstić information content (AvgIpc) is 2.78. The molecule has 1 amide bonds. The fourth-order valence-electron chi connectivity index (χ4n) is 3.23. The van der Waals surface area contributed by atoms with E-state index in [-0.39, 0.29) is 30.4 Å². The molecule has 0 saturated carbocycles. The van der Waals surface area contributed by atoms with Gasteiger partial charge in [-0.25, -0.2) is 13.1 Å². The fraction of sp³-hybridized carbons (Fsp3) is 0.417. The van der Waals surface area contributed by atoms with Crippen LogP contribution in [-0.4, -0.2) is 51.4 Å². The van der Waals surface area contributed by atoms with Crippen LogP contribution >= 0.6 is 0 Å². The summed E-state index contributed by atoms with van der Waals surface area (Å²) in [5, 5.41) is 0. The third kappa shape index (κ3) is 8.43. The fourth-order valence-corrected chi connectivity index (χ4v) is 4.33. The molecule has 0 atom stereocenters. The summed E-state index contributed by atoms with van der Waals surface area (Å²) in [7, 11) is -3.76. The zero-order chi connectivity index (χ0) is 23.4. The maximum Gasteiger partial charge on any atom is 0.307 e. The quantitative estimate of drug-likeness (QED) is 0.464. The molecule has 8 heteroatoms. The van der Waals surface area contributed by atoms with Gasteiger partial charge in [-0.05, 0) is 42.5 Å². The van der Waals surface area contributed by atoms with Crippen molar-refractivity contribution in [3.8, 4) is 0 Å². The van der Waals surface area contributed by atoms with E-state index in [1.165, 1.54) is 6.07 Å².